The minimum absolute atomic E-state index is 0.323. The zero-order valence-corrected chi connectivity index (χ0v) is 4.27. The fraction of sp³-hybridized carbons (Fsp3) is 0.500. The average Bonchev–Trinajstić information content (AvgIpc) is 1.65. The van der Waals surface area contributed by atoms with Crippen LogP contribution in [-0.2, 0) is 10.3 Å². The van der Waals surface area contributed by atoms with Gasteiger partial charge in [-0.15, -0.1) is 0 Å². The van der Waals surface area contributed by atoms with Gasteiger partial charge in [-0.25, -0.2) is 0 Å². The van der Waals surface area contributed by atoms with Gasteiger partial charge in [0, 0.05) is 0 Å². The third kappa shape index (κ3) is 2.32. The van der Waals surface area contributed by atoms with E-state index in [0.717, 1.165) is 0 Å². The highest BCUT2D eigenvalue weighted by atomic mass is 32.2. The number of hydrogen-bond acceptors (Lipinski definition) is 3. The zero-order chi connectivity index (χ0) is 5.86. The van der Waals surface area contributed by atoms with E-state index in [1.807, 2.05) is 0 Å². The predicted octanol–water partition coefficient (Wildman–Crippen LogP) is -1.49. The summed E-state index contributed by atoms with van der Waals surface area (Å²) in [6.45, 7) is -0.323. The van der Waals surface area contributed by atoms with E-state index in [0.29, 0.717) is 0 Å². The maximum absolute atomic E-state index is 9.56. The Labute approximate surface area is 42.1 Å². The van der Waals surface area contributed by atoms with Gasteiger partial charge in [0.05, 0.1) is 6.54 Å². The number of nitrogens with two attached hydrogens (primary N) is 1. The first-order valence-corrected chi connectivity index (χ1v) is 2.60. The van der Waals surface area contributed by atoms with Gasteiger partial charge in [-0.05, 0) is 0 Å². The Morgan fingerprint density at radius 2 is 2.14 bits per heavy atom. The molecule has 0 radical (unpaired) electrons. The van der Waals surface area contributed by atoms with Crippen LogP contribution in [0.25, 0.3) is 0 Å². The van der Waals surface area contributed by atoms with Gasteiger partial charge in [-0.3, -0.25) is 0 Å². The van der Waals surface area contributed by atoms with Crippen molar-refractivity contribution in [1.82, 2.24) is 0 Å². The third-order valence-electron chi connectivity index (χ3n) is 0.367. The van der Waals surface area contributed by atoms with E-state index in [4.69, 9.17) is 10.8 Å². The van der Waals surface area contributed by atoms with Crippen molar-refractivity contribution in [3.63, 3.8) is 0 Å². The van der Waals surface area contributed by atoms with Gasteiger partial charge in [0.15, 0.2) is 5.05 Å². The molecule has 0 atom stereocenters. The van der Waals surface area contributed by atoms with Gasteiger partial charge in [-0.2, -0.15) is 8.42 Å². The lowest BCUT2D eigenvalue weighted by Crippen LogP contribution is -2.12. The van der Waals surface area contributed by atoms with Crippen LogP contribution in [-0.4, -0.2) is 25.1 Å². The lowest BCUT2D eigenvalue weighted by atomic mass is 10.7. The number of aliphatic hydroxyl groups excluding tert-OH is 1. The molecule has 0 aliphatic heterocycles. The quantitative estimate of drug-likeness (QED) is 0.416. The van der Waals surface area contributed by atoms with Crippen molar-refractivity contribution in [3.8, 4) is 0 Å². The highest BCUT2D eigenvalue weighted by Gasteiger charge is 1.85. The highest BCUT2D eigenvalue weighted by molar-refractivity contribution is 7.72. The monoisotopic (exact) mass is 123 g/mol. The molecule has 4 nitrogen and oxygen atoms in total. The Hall–Kier alpha value is -0.390. The topological polar surface area (TPSA) is 80.4 Å². The summed E-state index contributed by atoms with van der Waals surface area (Å²) in [5.41, 5.74) is 4.69. The van der Waals surface area contributed by atoms with Crippen molar-refractivity contribution < 1.29 is 13.5 Å². The summed E-state index contributed by atoms with van der Waals surface area (Å²) in [7, 11) is -2.51. The summed E-state index contributed by atoms with van der Waals surface area (Å²) >= 11 is 0. The molecule has 0 aliphatic rings. The fourth-order valence-electron chi connectivity index (χ4n) is 0.0680. The Morgan fingerprint density at radius 3 is 2.14 bits per heavy atom. The van der Waals surface area contributed by atoms with Crippen molar-refractivity contribution in [3.05, 3.63) is 0 Å². The number of aliphatic hydroxyl groups is 1. The Bertz CT molecular complexity index is 159. The normalized spacial score (nSPS) is 8.29. The molecule has 7 heavy (non-hydrogen) atoms. The molecule has 0 amide bonds. The van der Waals surface area contributed by atoms with E-state index in [2.05, 4.69) is 0 Å². The Morgan fingerprint density at radius 1 is 1.71 bits per heavy atom. The molecule has 0 fully saturated rings. The van der Waals surface area contributed by atoms with Crippen LogP contribution in [0.2, 0.25) is 0 Å². The molecular formula is C2H5NO3S. The van der Waals surface area contributed by atoms with Crippen molar-refractivity contribution >= 4 is 15.3 Å². The molecule has 42 valence electrons. The number of rotatable bonds is 1. The molecule has 0 aromatic carbocycles. The molecule has 0 aliphatic carbocycles. The molecule has 0 spiro atoms. The zero-order valence-electron chi connectivity index (χ0n) is 3.46. The molecule has 0 aromatic rings. The van der Waals surface area contributed by atoms with Crippen LogP contribution in [0.3, 0.4) is 0 Å². The van der Waals surface area contributed by atoms with Crippen molar-refractivity contribution in [2.24, 2.45) is 5.73 Å². The average molecular weight is 123 g/mol. The second-order valence-corrected chi connectivity index (χ2v) is 1.77. The van der Waals surface area contributed by atoms with E-state index >= 15 is 0 Å². The molecule has 3 N–H and O–H groups in total. The van der Waals surface area contributed by atoms with Crippen LogP contribution in [0.5, 0.6) is 0 Å². The fourth-order valence-corrected chi connectivity index (χ4v) is 0.204. The van der Waals surface area contributed by atoms with E-state index in [9.17, 15) is 8.42 Å². The summed E-state index contributed by atoms with van der Waals surface area (Å²) in [5.74, 6) is 0. The molecule has 0 bridgehead atoms. The molecule has 0 saturated heterocycles. The Balaban J connectivity index is 4.33. The van der Waals surface area contributed by atoms with Crippen LogP contribution in [0.1, 0.15) is 0 Å². The molecular weight excluding hydrogens is 118 g/mol. The first-order valence-electron chi connectivity index (χ1n) is 1.52. The second kappa shape index (κ2) is 2.73. The van der Waals surface area contributed by atoms with E-state index in [-0.39, 0.29) is 6.54 Å². The van der Waals surface area contributed by atoms with Gasteiger partial charge in [0.1, 0.15) is 0 Å². The predicted molar refractivity (Wildman–Crippen MR) is 25.6 cm³/mol. The molecule has 5 heteroatoms. The summed E-state index contributed by atoms with van der Waals surface area (Å²) in [6.07, 6.45) is 0. The standard InChI is InChI=1S/C2H5NO3S/c3-1-2(4)7(5)6/h4H,1,3H2. The van der Waals surface area contributed by atoms with E-state index < -0.39 is 15.3 Å². The summed E-state index contributed by atoms with van der Waals surface area (Å²) in [5, 5.41) is 7.41. The van der Waals surface area contributed by atoms with Crippen LogP contribution in [0.15, 0.2) is 0 Å². The minimum atomic E-state index is -2.51. The van der Waals surface area contributed by atoms with Crippen LogP contribution >= 0.6 is 0 Å². The van der Waals surface area contributed by atoms with Gasteiger partial charge in [0.25, 0.3) is 0 Å². The second-order valence-electron chi connectivity index (χ2n) is 0.833. The number of hydrogen-bond donors (Lipinski definition) is 2. The van der Waals surface area contributed by atoms with Gasteiger partial charge in [-0.1, -0.05) is 0 Å². The smallest absolute Gasteiger partial charge is 0.241 e. The maximum atomic E-state index is 9.56. The van der Waals surface area contributed by atoms with E-state index in [1.165, 1.54) is 0 Å². The highest BCUT2D eigenvalue weighted by Crippen LogP contribution is 1.53. The van der Waals surface area contributed by atoms with Crippen LogP contribution in [0.4, 0.5) is 0 Å². The van der Waals surface area contributed by atoms with Crippen LogP contribution in [0, 0.1) is 0 Å². The van der Waals surface area contributed by atoms with Crippen LogP contribution < -0.4 is 5.73 Å². The maximum Gasteiger partial charge on any atom is 0.241 e. The summed E-state index contributed by atoms with van der Waals surface area (Å²) in [6, 6.07) is 0. The van der Waals surface area contributed by atoms with Gasteiger partial charge >= 0.3 is 0 Å². The van der Waals surface area contributed by atoms with Crippen molar-refractivity contribution in [2.45, 2.75) is 0 Å². The lowest BCUT2D eigenvalue weighted by molar-refractivity contribution is 0.549. The minimum Gasteiger partial charge on any atom is -0.350 e. The van der Waals surface area contributed by atoms with Gasteiger partial charge < -0.3 is 10.8 Å². The molecule has 0 unspecified atom stereocenters. The molecule has 0 aromatic heterocycles. The lowest BCUT2D eigenvalue weighted by Gasteiger charge is -1.77. The first-order chi connectivity index (χ1) is 3.18. The van der Waals surface area contributed by atoms with Crippen molar-refractivity contribution in [1.29, 1.82) is 0 Å². The van der Waals surface area contributed by atoms with Crippen molar-refractivity contribution in [2.75, 3.05) is 6.54 Å². The largest absolute Gasteiger partial charge is 0.350 e. The first kappa shape index (κ1) is 6.61. The molecule has 0 saturated carbocycles. The van der Waals surface area contributed by atoms with Gasteiger partial charge in [0.2, 0.25) is 10.3 Å². The molecule has 0 heterocycles. The third-order valence-corrected chi connectivity index (χ3v) is 0.918. The summed E-state index contributed by atoms with van der Waals surface area (Å²) < 4.78 is 19.1. The molecule has 0 rings (SSSR count). The SMILES string of the molecule is NCC(O)=S(=O)=O. The summed E-state index contributed by atoms with van der Waals surface area (Å²) in [4.78, 5) is 0. The van der Waals surface area contributed by atoms with E-state index in [1.54, 1.807) is 0 Å². The Kier molecular flexibility index (Phi) is 2.58.